The van der Waals surface area contributed by atoms with Crippen LogP contribution in [0.4, 0.5) is 0 Å². The molecule has 1 amide bonds. The quantitative estimate of drug-likeness (QED) is 0.683. The Kier molecular flexibility index (Phi) is 6.59. The predicted octanol–water partition coefficient (Wildman–Crippen LogP) is 1.41. The molecule has 0 aliphatic rings. The van der Waals surface area contributed by atoms with Crippen LogP contribution in [0.3, 0.4) is 0 Å². The normalized spacial score (nSPS) is 12.6. The zero-order valence-electron chi connectivity index (χ0n) is 8.92. The molecule has 0 aliphatic carbocycles. The maximum absolute atomic E-state index is 11.5. The van der Waals surface area contributed by atoms with Gasteiger partial charge in [0.25, 0.3) is 0 Å². The molecule has 0 aromatic carbocycles. The van der Waals surface area contributed by atoms with Crippen LogP contribution in [0.1, 0.15) is 40.0 Å². The van der Waals surface area contributed by atoms with Gasteiger partial charge in [0.05, 0.1) is 12.5 Å². The Hall–Kier alpha value is -0.570. The Morgan fingerprint density at radius 1 is 1.31 bits per heavy atom. The molecule has 3 heteroatoms. The topological polar surface area (TPSA) is 40.5 Å². The second-order valence-corrected chi connectivity index (χ2v) is 3.21. The standard InChI is InChI=1S/C10H21NO2/c1-4-7-9(12)8-10(13)11(5-2)6-3/h9,12H,4-8H2,1-3H3/t9-/m0/s1. The smallest absolute Gasteiger partial charge is 0.225 e. The highest BCUT2D eigenvalue weighted by Crippen LogP contribution is 2.04. The summed E-state index contributed by atoms with van der Waals surface area (Å²) in [5.74, 6) is 0.0611. The van der Waals surface area contributed by atoms with Gasteiger partial charge >= 0.3 is 0 Å². The van der Waals surface area contributed by atoms with E-state index in [1.165, 1.54) is 0 Å². The van der Waals surface area contributed by atoms with Gasteiger partial charge in [0, 0.05) is 13.1 Å². The Morgan fingerprint density at radius 2 is 1.85 bits per heavy atom. The monoisotopic (exact) mass is 187 g/mol. The number of hydrogen-bond donors (Lipinski definition) is 1. The lowest BCUT2D eigenvalue weighted by atomic mass is 10.1. The number of rotatable bonds is 6. The molecular formula is C10H21NO2. The Morgan fingerprint density at radius 3 is 2.23 bits per heavy atom. The lowest BCUT2D eigenvalue weighted by Gasteiger charge is -2.20. The van der Waals surface area contributed by atoms with Crippen molar-refractivity contribution in [3.63, 3.8) is 0 Å². The molecular weight excluding hydrogens is 166 g/mol. The van der Waals surface area contributed by atoms with Crippen LogP contribution in [-0.2, 0) is 4.79 Å². The minimum Gasteiger partial charge on any atom is -0.393 e. The highest BCUT2D eigenvalue weighted by molar-refractivity contribution is 5.76. The van der Waals surface area contributed by atoms with Crippen molar-refractivity contribution >= 4 is 5.91 Å². The fourth-order valence-electron chi connectivity index (χ4n) is 1.34. The molecule has 0 bridgehead atoms. The fourth-order valence-corrected chi connectivity index (χ4v) is 1.34. The molecule has 0 spiro atoms. The summed E-state index contributed by atoms with van der Waals surface area (Å²) >= 11 is 0. The second kappa shape index (κ2) is 6.89. The van der Waals surface area contributed by atoms with Crippen LogP contribution in [0.15, 0.2) is 0 Å². The molecule has 1 N–H and O–H groups in total. The van der Waals surface area contributed by atoms with E-state index in [0.717, 1.165) is 19.5 Å². The van der Waals surface area contributed by atoms with Crippen LogP contribution in [-0.4, -0.2) is 35.1 Å². The number of aliphatic hydroxyl groups is 1. The first-order valence-electron chi connectivity index (χ1n) is 5.11. The van der Waals surface area contributed by atoms with Gasteiger partial charge in [0.2, 0.25) is 5.91 Å². The van der Waals surface area contributed by atoms with E-state index in [-0.39, 0.29) is 12.3 Å². The summed E-state index contributed by atoms with van der Waals surface area (Å²) in [4.78, 5) is 13.2. The van der Waals surface area contributed by atoms with Gasteiger partial charge in [-0.3, -0.25) is 4.79 Å². The molecule has 0 unspecified atom stereocenters. The summed E-state index contributed by atoms with van der Waals surface area (Å²) in [7, 11) is 0. The van der Waals surface area contributed by atoms with Gasteiger partial charge in [-0.25, -0.2) is 0 Å². The van der Waals surface area contributed by atoms with Crippen molar-refractivity contribution in [3.8, 4) is 0 Å². The first kappa shape index (κ1) is 12.4. The maximum atomic E-state index is 11.5. The number of nitrogens with zero attached hydrogens (tertiary/aromatic N) is 1. The summed E-state index contributed by atoms with van der Waals surface area (Å²) in [6, 6.07) is 0. The number of carbonyl (C=O) groups excluding carboxylic acids is 1. The average Bonchev–Trinajstić information content (AvgIpc) is 2.06. The van der Waals surface area contributed by atoms with E-state index in [0.29, 0.717) is 6.42 Å². The van der Waals surface area contributed by atoms with Gasteiger partial charge < -0.3 is 10.0 Å². The third kappa shape index (κ3) is 4.88. The third-order valence-corrected chi connectivity index (χ3v) is 2.15. The highest BCUT2D eigenvalue weighted by atomic mass is 16.3. The average molecular weight is 187 g/mol. The molecule has 13 heavy (non-hydrogen) atoms. The molecule has 0 aromatic rings. The number of aliphatic hydroxyl groups excluding tert-OH is 1. The van der Waals surface area contributed by atoms with Gasteiger partial charge in [0.1, 0.15) is 0 Å². The molecule has 0 saturated heterocycles. The van der Waals surface area contributed by atoms with Crippen LogP contribution in [0.25, 0.3) is 0 Å². The van der Waals surface area contributed by atoms with E-state index in [1.807, 2.05) is 20.8 Å². The maximum Gasteiger partial charge on any atom is 0.225 e. The lowest BCUT2D eigenvalue weighted by Crippen LogP contribution is -2.32. The number of hydrogen-bond acceptors (Lipinski definition) is 2. The van der Waals surface area contributed by atoms with E-state index >= 15 is 0 Å². The number of carbonyl (C=O) groups is 1. The molecule has 78 valence electrons. The van der Waals surface area contributed by atoms with Gasteiger partial charge in [-0.15, -0.1) is 0 Å². The summed E-state index contributed by atoms with van der Waals surface area (Å²) in [5, 5.41) is 9.41. The van der Waals surface area contributed by atoms with Crippen molar-refractivity contribution in [2.45, 2.75) is 46.1 Å². The largest absolute Gasteiger partial charge is 0.393 e. The van der Waals surface area contributed by atoms with Gasteiger partial charge in [0.15, 0.2) is 0 Å². The van der Waals surface area contributed by atoms with Gasteiger partial charge in [-0.2, -0.15) is 0 Å². The third-order valence-electron chi connectivity index (χ3n) is 2.15. The minimum absolute atomic E-state index is 0.0611. The zero-order chi connectivity index (χ0) is 10.3. The van der Waals surface area contributed by atoms with Crippen molar-refractivity contribution in [1.82, 2.24) is 4.90 Å². The first-order valence-corrected chi connectivity index (χ1v) is 5.11. The van der Waals surface area contributed by atoms with Gasteiger partial charge in [-0.05, 0) is 20.3 Å². The summed E-state index contributed by atoms with van der Waals surface area (Å²) in [6.07, 6.45) is 1.45. The van der Waals surface area contributed by atoms with Crippen molar-refractivity contribution in [3.05, 3.63) is 0 Å². The number of amides is 1. The molecule has 0 fully saturated rings. The Labute approximate surface area is 80.7 Å². The van der Waals surface area contributed by atoms with Crippen LogP contribution in [0.5, 0.6) is 0 Å². The van der Waals surface area contributed by atoms with Crippen LogP contribution in [0, 0.1) is 0 Å². The molecule has 0 radical (unpaired) electrons. The van der Waals surface area contributed by atoms with E-state index in [4.69, 9.17) is 0 Å². The van der Waals surface area contributed by atoms with Crippen LogP contribution in [0.2, 0.25) is 0 Å². The van der Waals surface area contributed by atoms with E-state index in [1.54, 1.807) is 4.90 Å². The summed E-state index contributed by atoms with van der Waals surface area (Å²) < 4.78 is 0. The molecule has 0 saturated carbocycles. The molecule has 0 aliphatic heterocycles. The minimum atomic E-state index is -0.460. The Bertz CT molecular complexity index is 144. The summed E-state index contributed by atoms with van der Waals surface area (Å²) in [6.45, 7) is 7.37. The summed E-state index contributed by atoms with van der Waals surface area (Å²) in [5.41, 5.74) is 0. The van der Waals surface area contributed by atoms with Crippen molar-refractivity contribution < 1.29 is 9.90 Å². The van der Waals surface area contributed by atoms with Crippen molar-refractivity contribution in [1.29, 1.82) is 0 Å². The van der Waals surface area contributed by atoms with E-state index in [9.17, 15) is 9.90 Å². The molecule has 0 aromatic heterocycles. The molecule has 1 atom stereocenters. The lowest BCUT2D eigenvalue weighted by molar-refractivity contribution is -0.132. The predicted molar refractivity (Wildman–Crippen MR) is 53.5 cm³/mol. The highest BCUT2D eigenvalue weighted by Gasteiger charge is 2.14. The molecule has 0 heterocycles. The molecule has 0 rings (SSSR count). The van der Waals surface area contributed by atoms with Crippen molar-refractivity contribution in [2.24, 2.45) is 0 Å². The van der Waals surface area contributed by atoms with Gasteiger partial charge in [-0.1, -0.05) is 13.3 Å². The van der Waals surface area contributed by atoms with Crippen LogP contribution < -0.4 is 0 Å². The molecule has 3 nitrogen and oxygen atoms in total. The fraction of sp³-hybridized carbons (Fsp3) is 0.900. The van der Waals surface area contributed by atoms with E-state index in [2.05, 4.69) is 0 Å². The first-order chi connectivity index (χ1) is 6.15. The second-order valence-electron chi connectivity index (χ2n) is 3.21. The zero-order valence-corrected chi connectivity index (χ0v) is 8.92. The Balaban J connectivity index is 3.83. The van der Waals surface area contributed by atoms with Crippen LogP contribution >= 0.6 is 0 Å². The SMILES string of the molecule is CCC[C@H](O)CC(=O)N(CC)CC. The van der Waals surface area contributed by atoms with E-state index < -0.39 is 6.10 Å². The van der Waals surface area contributed by atoms with Crippen molar-refractivity contribution in [2.75, 3.05) is 13.1 Å².